The molecule has 2 aliphatic heterocycles. The number of anilines is 1. The van der Waals surface area contributed by atoms with Crippen LogP contribution in [0.25, 0.3) is 10.2 Å². The van der Waals surface area contributed by atoms with E-state index in [1.54, 1.807) is 33.5 Å². The first-order valence-corrected chi connectivity index (χ1v) is 15.5. The predicted octanol–water partition coefficient (Wildman–Crippen LogP) is 6.04. The highest BCUT2D eigenvalue weighted by Crippen LogP contribution is 2.35. The number of piperidine rings is 1. The minimum atomic E-state index is -3.62. The number of amides is 1. The Bertz CT molecular complexity index is 1380. The van der Waals surface area contributed by atoms with Crippen LogP contribution in [0.2, 0.25) is 5.02 Å². The molecule has 0 bridgehead atoms. The lowest BCUT2D eigenvalue weighted by Crippen LogP contribution is -2.43. The maximum atomic E-state index is 13.8. The van der Waals surface area contributed by atoms with Crippen molar-refractivity contribution in [3.63, 3.8) is 0 Å². The van der Waals surface area contributed by atoms with Gasteiger partial charge in [-0.2, -0.15) is 4.31 Å². The van der Waals surface area contributed by atoms with Crippen LogP contribution in [0.5, 0.6) is 0 Å². The van der Waals surface area contributed by atoms with Gasteiger partial charge in [0.1, 0.15) is 0 Å². The number of sulfonamides is 1. The highest BCUT2D eigenvalue weighted by atomic mass is 35.5. The number of thiazole rings is 1. The van der Waals surface area contributed by atoms with Gasteiger partial charge >= 0.3 is 0 Å². The van der Waals surface area contributed by atoms with Crippen molar-refractivity contribution >= 4 is 54.2 Å². The van der Waals surface area contributed by atoms with Crippen molar-refractivity contribution in [2.75, 3.05) is 24.6 Å². The van der Waals surface area contributed by atoms with E-state index in [0.29, 0.717) is 35.4 Å². The summed E-state index contributed by atoms with van der Waals surface area (Å²) < 4.78 is 35.1. The number of hydrogen-bond donors (Lipinski definition) is 0. The highest BCUT2D eigenvalue weighted by molar-refractivity contribution is 7.89. The second-order valence-electron chi connectivity index (χ2n) is 9.81. The van der Waals surface area contributed by atoms with Crippen LogP contribution in [0.4, 0.5) is 5.13 Å². The molecule has 2 aromatic carbocycles. The van der Waals surface area contributed by atoms with Crippen LogP contribution in [0.3, 0.4) is 0 Å². The largest absolute Gasteiger partial charge is 0.376 e. The number of aromatic nitrogens is 1. The number of nitrogens with zero attached hydrogens (tertiary/aromatic N) is 3. The fourth-order valence-corrected chi connectivity index (χ4v) is 8.45. The zero-order valence-electron chi connectivity index (χ0n) is 21.2. The minimum absolute atomic E-state index is 0.0259. The molecule has 2 fully saturated rings. The summed E-state index contributed by atoms with van der Waals surface area (Å²) in [5.41, 5.74) is 2.19. The van der Waals surface area contributed by atoms with E-state index in [2.05, 4.69) is 0 Å². The zero-order valence-corrected chi connectivity index (χ0v) is 23.5. The van der Waals surface area contributed by atoms with Gasteiger partial charge in [0.25, 0.3) is 5.91 Å². The molecule has 0 radical (unpaired) electrons. The van der Waals surface area contributed by atoms with Crippen LogP contribution in [-0.2, 0) is 14.8 Å². The maximum Gasteiger partial charge on any atom is 0.260 e. The summed E-state index contributed by atoms with van der Waals surface area (Å²) in [6.07, 6.45) is 5.38. The maximum absolute atomic E-state index is 13.8. The smallest absolute Gasteiger partial charge is 0.260 e. The zero-order chi connectivity index (χ0) is 26.2. The molecule has 0 N–H and O–H groups in total. The van der Waals surface area contributed by atoms with E-state index in [0.717, 1.165) is 54.3 Å². The summed E-state index contributed by atoms with van der Waals surface area (Å²) in [6, 6.07) is 10.1. The average molecular weight is 562 g/mol. The lowest BCUT2D eigenvalue weighted by molar-refractivity contribution is 0.0917. The molecule has 2 unspecified atom stereocenters. The molecule has 2 saturated heterocycles. The van der Waals surface area contributed by atoms with Crippen LogP contribution >= 0.6 is 22.9 Å². The summed E-state index contributed by atoms with van der Waals surface area (Å²) in [5, 5.41) is 1.21. The Kier molecular flexibility index (Phi) is 7.88. The van der Waals surface area contributed by atoms with Crippen molar-refractivity contribution in [2.24, 2.45) is 0 Å². The monoisotopic (exact) mass is 561 g/mol. The number of halogens is 1. The number of rotatable bonds is 7. The molecule has 0 saturated carbocycles. The minimum Gasteiger partial charge on any atom is -0.376 e. The van der Waals surface area contributed by atoms with Gasteiger partial charge in [-0.3, -0.25) is 9.69 Å². The topological polar surface area (TPSA) is 79.8 Å². The number of hydrogen-bond acceptors (Lipinski definition) is 6. The third-order valence-electron chi connectivity index (χ3n) is 7.28. The standard InChI is InChI=1S/C27H32ClN3O4S2/c1-3-21-7-4-5-13-31(21)37(33,34)23-11-9-19(10-12-23)26(32)30(17-22-8-6-14-35-22)27-29-25-18(2)15-20(28)16-24(25)36-27/h9-12,15-16,21-22H,3-8,13-14,17H2,1-2H3. The molecule has 37 heavy (non-hydrogen) atoms. The summed E-state index contributed by atoms with van der Waals surface area (Å²) >= 11 is 7.68. The molecule has 2 atom stereocenters. The van der Waals surface area contributed by atoms with Crippen molar-refractivity contribution in [3.05, 3.63) is 52.5 Å². The molecule has 0 aliphatic carbocycles. The Labute approximate surface area is 227 Å². The molecule has 3 aromatic rings. The third-order valence-corrected chi connectivity index (χ3v) is 10.5. The molecule has 1 aromatic heterocycles. The Morgan fingerprint density at radius 3 is 2.68 bits per heavy atom. The third kappa shape index (κ3) is 5.43. The fraction of sp³-hybridized carbons (Fsp3) is 0.481. The fourth-order valence-electron chi connectivity index (χ4n) is 5.26. The Morgan fingerprint density at radius 2 is 1.97 bits per heavy atom. The molecule has 3 heterocycles. The van der Waals surface area contributed by atoms with E-state index in [1.807, 2.05) is 26.0 Å². The van der Waals surface area contributed by atoms with E-state index in [9.17, 15) is 13.2 Å². The van der Waals surface area contributed by atoms with Gasteiger partial charge in [-0.15, -0.1) is 0 Å². The first kappa shape index (κ1) is 26.6. The second kappa shape index (κ2) is 11.0. The number of aryl methyl sites for hydroxylation is 1. The van der Waals surface area contributed by atoms with Gasteiger partial charge in [-0.1, -0.05) is 36.3 Å². The number of ether oxygens (including phenoxy) is 1. The van der Waals surface area contributed by atoms with Crippen LogP contribution in [0.15, 0.2) is 41.3 Å². The van der Waals surface area contributed by atoms with E-state index in [1.165, 1.54) is 11.3 Å². The second-order valence-corrected chi connectivity index (χ2v) is 13.2. The molecule has 10 heteroatoms. The van der Waals surface area contributed by atoms with Crippen LogP contribution in [-0.4, -0.2) is 55.5 Å². The van der Waals surface area contributed by atoms with Crippen molar-refractivity contribution in [1.29, 1.82) is 0 Å². The van der Waals surface area contributed by atoms with Gasteiger partial charge < -0.3 is 4.74 Å². The molecule has 2 aliphatic rings. The van der Waals surface area contributed by atoms with E-state index in [-0.39, 0.29) is 22.9 Å². The number of fused-ring (bicyclic) bond motifs is 1. The van der Waals surface area contributed by atoms with Crippen LogP contribution < -0.4 is 4.90 Å². The quantitative estimate of drug-likeness (QED) is 0.351. The average Bonchev–Trinajstić information content (AvgIpc) is 3.57. The Balaban J connectivity index is 1.45. The van der Waals surface area contributed by atoms with Gasteiger partial charge in [-0.25, -0.2) is 13.4 Å². The van der Waals surface area contributed by atoms with Crippen molar-refractivity contribution in [1.82, 2.24) is 9.29 Å². The molecule has 0 spiro atoms. The summed E-state index contributed by atoms with van der Waals surface area (Å²) in [7, 11) is -3.62. The van der Waals surface area contributed by atoms with Crippen molar-refractivity contribution < 1.29 is 17.9 Å². The van der Waals surface area contributed by atoms with Gasteiger partial charge in [-0.05, 0) is 81.0 Å². The highest BCUT2D eigenvalue weighted by Gasteiger charge is 2.33. The van der Waals surface area contributed by atoms with Gasteiger partial charge in [0.05, 0.1) is 27.8 Å². The van der Waals surface area contributed by atoms with Gasteiger partial charge in [0.2, 0.25) is 10.0 Å². The molecule has 5 rings (SSSR count). The lowest BCUT2D eigenvalue weighted by atomic mass is 10.0. The lowest BCUT2D eigenvalue weighted by Gasteiger charge is -2.34. The number of carbonyl (C=O) groups excluding carboxylic acids is 1. The van der Waals surface area contributed by atoms with E-state index >= 15 is 0 Å². The van der Waals surface area contributed by atoms with Crippen molar-refractivity contribution in [2.45, 2.75) is 69.4 Å². The van der Waals surface area contributed by atoms with E-state index in [4.69, 9.17) is 21.3 Å². The SMILES string of the molecule is CCC1CCCCN1S(=O)(=O)c1ccc(C(=O)N(CC2CCCO2)c2nc3c(C)cc(Cl)cc3s2)cc1. The predicted molar refractivity (Wildman–Crippen MR) is 148 cm³/mol. The first-order valence-electron chi connectivity index (χ1n) is 12.9. The van der Waals surface area contributed by atoms with Crippen molar-refractivity contribution in [3.8, 4) is 0 Å². The first-order chi connectivity index (χ1) is 17.8. The molecule has 1 amide bonds. The summed E-state index contributed by atoms with van der Waals surface area (Å²) in [4.78, 5) is 20.4. The normalized spacial score (nSPS) is 20.9. The Hall–Kier alpha value is -2.04. The molecular formula is C27H32ClN3O4S2. The summed E-state index contributed by atoms with van der Waals surface area (Å²) in [5.74, 6) is -0.230. The van der Waals surface area contributed by atoms with E-state index < -0.39 is 10.0 Å². The van der Waals surface area contributed by atoms with Gasteiger partial charge in [0.15, 0.2) is 5.13 Å². The number of benzene rings is 2. The molecular weight excluding hydrogens is 530 g/mol. The van der Waals surface area contributed by atoms with Crippen LogP contribution in [0.1, 0.15) is 61.4 Å². The van der Waals surface area contributed by atoms with Gasteiger partial charge in [0, 0.05) is 29.8 Å². The molecule has 198 valence electrons. The Morgan fingerprint density at radius 1 is 1.19 bits per heavy atom. The summed E-state index contributed by atoms with van der Waals surface area (Å²) in [6.45, 7) is 5.59. The number of carbonyl (C=O) groups is 1. The molecule has 7 nitrogen and oxygen atoms in total. The van der Waals surface area contributed by atoms with Crippen LogP contribution in [0, 0.1) is 6.92 Å².